The van der Waals surface area contributed by atoms with E-state index in [4.69, 9.17) is 21.1 Å². The second-order valence-corrected chi connectivity index (χ2v) is 6.96. The Hall–Kier alpha value is -2.91. The van der Waals surface area contributed by atoms with Gasteiger partial charge in [-0.25, -0.2) is 9.37 Å². The molecule has 1 fully saturated rings. The molecule has 1 aliphatic heterocycles. The van der Waals surface area contributed by atoms with E-state index in [0.717, 1.165) is 25.0 Å². The molecule has 1 amide bonds. The molecular weight excluding hydrogens is 413 g/mol. The van der Waals surface area contributed by atoms with Crippen molar-refractivity contribution in [2.45, 2.75) is 6.42 Å². The zero-order valence-electron chi connectivity index (χ0n) is 16.4. The quantitative estimate of drug-likeness (QED) is 0.625. The minimum Gasteiger partial charge on any atom is -0.484 e. The highest BCUT2D eigenvalue weighted by atomic mass is 35.5. The molecule has 1 aliphatic rings. The molecule has 10 heteroatoms. The summed E-state index contributed by atoms with van der Waals surface area (Å²) >= 11 is 5.61. The first kappa shape index (κ1) is 21.8. The van der Waals surface area contributed by atoms with Gasteiger partial charge in [0.2, 0.25) is 0 Å². The summed E-state index contributed by atoms with van der Waals surface area (Å²) in [6.07, 6.45) is 3.82. The Labute approximate surface area is 179 Å². The van der Waals surface area contributed by atoms with Crippen LogP contribution in [-0.4, -0.2) is 55.3 Å². The molecule has 0 bridgehead atoms. The number of benzene rings is 1. The van der Waals surface area contributed by atoms with Crippen LogP contribution in [0.3, 0.4) is 0 Å². The number of hydrogen-bond donors (Lipinski definition) is 2. The lowest BCUT2D eigenvalue weighted by molar-refractivity contribution is -0.123. The van der Waals surface area contributed by atoms with Crippen LogP contribution < -0.4 is 20.3 Å². The molecule has 160 valence electrons. The molecule has 8 nitrogen and oxygen atoms in total. The minimum absolute atomic E-state index is 0.00187. The number of rotatable bonds is 9. The van der Waals surface area contributed by atoms with Crippen LogP contribution >= 0.6 is 11.6 Å². The Kier molecular flexibility index (Phi) is 7.81. The van der Waals surface area contributed by atoms with Crippen LogP contribution in [0.25, 0.3) is 0 Å². The summed E-state index contributed by atoms with van der Waals surface area (Å²) in [5.41, 5.74) is 0.685. The summed E-state index contributed by atoms with van der Waals surface area (Å²) in [4.78, 5) is 22.8. The van der Waals surface area contributed by atoms with Crippen molar-refractivity contribution >= 4 is 29.1 Å². The van der Waals surface area contributed by atoms with E-state index < -0.39 is 5.82 Å². The van der Waals surface area contributed by atoms with E-state index >= 15 is 0 Å². The lowest BCUT2D eigenvalue weighted by Gasteiger charge is -2.27. The van der Waals surface area contributed by atoms with Gasteiger partial charge in [0.05, 0.1) is 30.6 Å². The predicted molar refractivity (Wildman–Crippen MR) is 112 cm³/mol. The van der Waals surface area contributed by atoms with E-state index in [1.54, 1.807) is 12.4 Å². The van der Waals surface area contributed by atoms with Gasteiger partial charge in [-0.05, 0) is 12.1 Å². The van der Waals surface area contributed by atoms with Crippen LogP contribution in [0.5, 0.6) is 5.75 Å². The standard InChI is InChI=1S/C20H23ClFN5O3/c1-14(25-18-11-23-12-19(26-18)27-6-8-29-9-7-27)4-5-24-20(28)13-30-15-2-3-16(21)17(22)10-15/h2-3,10-12H,1,4-9,13H2,(H,24,28)(H,25,26). The van der Waals surface area contributed by atoms with Gasteiger partial charge in [-0.1, -0.05) is 18.2 Å². The number of carbonyl (C=O) groups excluding carboxylic acids is 1. The number of carbonyl (C=O) groups is 1. The topological polar surface area (TPSA) is 88.6 Å². The van der Waals surface area contributed by atoms with Crippen molar-refractivity contribution in [2.24, 2.45) is 0 Å². The summed E-state index contributed by atoms with van der Waals surface area (Å²) < 4.78 is 24.0. The van der Waals surface area contributed by atoms with Crippen molar-refractivity contribution in [1.82, 2.24) is 15.3 Å². The van der Waals surface area contributed by atoms with Crippen LogP contribution in [0.1, 0.15) is 6.42 Å². The molecule has 0 spiro atoms. The number of anilines is 2. The highest BCUT2D eigenvalue weighted by molar-refractivity contribution is 6.30. The van der Waals surface area contributed by atoms with Gasteiger partial charge in [-0.2, -0.15) is 0 Å². The number of amides is 1. The fourth-order valence-corrected chi connectivity index (χ4v) is 2.84. The summed E-state index contributed by atoms with van der Waals surface area (Å²) in [5.74, 6) is 0.672. The first-order chi connectivity index (χ1) is 14.5. The van der Waals surface area contributed by atoms with E-state index in [-0.39, 0.29) is 23.3 Å². The maximum absolute atomic E-state index is 13.4. The van der Waals surface area contributed by atoms with Gasteiger partial charge in [0, 0.05) is 37.8 Å². The lowest BCUT2D eigenvalue weighted by Crippen LogP contribution is -2.36. The van der Waals surface area contributed by atoms with Gasteiger partial charge < -0.3 is 25.0 Å². The molecule has 2 N–H and O–H groups in total. The van der Waals surface area contributed by atoms with Crippen molar-refractivity contribution in [2.75, 3.05) is 49.7 Å². The highest BCUT2D eigenvalue weighted by Crippen LogP contribution is 2.20. The monoisotopic (exact) mass is 435 g/mol. The molecule has 1 aromatic carbocycles. The minimum atomic E-state index is -0.599. The number of halogens is 2. The third-order valence-electron chi connectivity index (χ3n) is 4.27. The molecule has 0 unspecified atom stereocenters. The Morgan fingerprint density at radius 1 is 1.33 bits per heavy atom. The molecule has 2 heterocycles. The van der Waals surface area contributed by atoms with E-state index in [2.05, 4.69) is 32.1 Å². The molecule has 2 aromatic rings. The third kappa shape index (κ3) is 6.57. The van der Waals surface area contributed by atoms with E-state index in [9.17, 15) is 9.18 Å². The Morgan fingerprint density at radius 3 is 2.90 bits per heavy atom. The molecule has 30 heavy (non-hydrogen) atoms. The van der Waals surface area contributed by atoms with Crippen LogP contribution in [0.2, 0.25) is 5.02 Å². The van der Waals surface area contributed by atoms with Crippen LogP contribution in [-0.2, 0) is 9.53 Å². The van der Waals surface area contributed by atoms with Crippen molar-refractivity contribution in [1.29, 1.82) is 0 Å². The Morgan fingerprint density at radius 2 is 2.13 bits per heavy atom. The molecule has 0 saturated carbocycles. The number of aromatic nitrogens is 2. The van der Waals surface area contributed by atoms with Gasteiger partial charge in [0.1, 0.15) is 17.4 Å². The molecule has 0 radical (unpaired) electrons. The Balaban J connectivity index is 1.38. The van der Waals surface area contributed by atoms with Crippen molar-refractivity contribution in [3.8, 4) is 5.75 Å². The lowest BCUT2D eigenvalue weighted by atomic mass is 10.3. The fourth-order valence-electron chi connectivity index (χ4n) is 2.72. The second-order valence-electron chi connectivity index (χ2n) is 6.56. The van der Waals surface area contributed by atoms with Gasteiger partial charge in [0.15, 0.2) is 12.4 Å². The first-order valence-electron chi connectivity index (χ1n) is 9.45. The largest absolute Gasteiger partial charge is 0.484 e. The number of hydrogen-bond acceptors (Lipinski definition) is 7. The maximum Gasteiger partial charge on any atom is 0.257 e. The zero-order valence-corrected chi connectivity index (χ0v) is 17.1. The van der Waals surface area contributed by atoms with Gasteiger partial charge in [-0.15, -0.1) is 0 Å². The number of ether oxygens (including phenoxy) is 2. The summed E-state index contributed by atoms with van der Waals surface area (Å²) in [5, 5.41) is 5.82. The number of morpholine rings is 1. The van der Waals surface area contributed by atoms with E-state index in [1.165, 1.54) is 12.1 Å². The molecule has 1 saturated heterocycles. The zero-order chi connectivity index (χ0) is 21.3. The molecule has 0 aliphatic carbocycles. The molecular formula is C20H23ClFN5O3. The maximum atomic E-state index is 13.4. The first-order valence-corrected chi connectivity index (χ1v) is 9.83. The second kappa shape index (κ2) is 10.7. The van der Waals surface area contributed by atoms with Crippen LogP contribution in [0.15, 0.2) is 42.9 Å². The van der Waals surface area contributed by atoms with E-state index in [1.807, 2.05) is 0 Å². The molecule has 0 atom stereocenters. The summed E-state index contributed by atoms with van der Waals surface area (Å²) in [7, 11) is 0. The average Bonchev–Trinajstić information content (AvgIpc) is 2.75. The normalized spacial score (nSPS) is 13.6. The van der Waals surface area contributed by atoms with Crippen LogP contribution in [0.4, 0.5) is 16.0 Å². The predicted octanol–water partition coefficient (Wildman–Crippen LogP) is 2.62. The fraction of sp³-hybridized carbons (Fsp3) is 0.350. The SMILES string of the molecule is C=C(CCNC(=O)COc1ccc(Cl)c(F)c1)Nc1cncc(N2CCOCC2)n1. The average molecular weight is 436 g/mol. The van der Waals surface area contributed by atoms with Gasteiger partial charge >= 0.3 is 0 Å². The smallest absolute Gasteiger partial charge is 0.257 e. The molecule has 3 rings (SSSR count). The number of nitrogens with zero attached hydrogens (tertiary/aromatic N) is 3. The van der Waals surface area contributed by atoms with Crippen molar-refractivity contribution < 1.29 is 18.7 Å². The van der Waals surface area contributed by atoms with Crippen LogP contribution in [0, 0.1) is 5.82 Å². The van der Waals surface area contributed by atoms with Gasteiger partial charge in [-0.3, -0.25) is 9.78 Å². The summed E-state index contributed by atoms with van der Waals surface area (Å²) in [6.45, 7) is 6.97. The molecule has 1 aromatic heterocycles. The van der Waals surface area contributed by atoms with Crippen molar-refractivity contribution in [3.63, 3.8) is 0 Å². The van der Waals surface area contributed by atoms with E-state index in [0.29, 0.717) is 37.7 Å². The van der Waals surface area contributed by atoms with Gasteiger partial charge in [0.25, 0.3) is 5.91 Å². The highest BCUT2D eigenvalue weighted by Gasteiger charge is 2.13. The summed E-state index contributed by atoms with van der Waals surface area (Å²) in [6, 6.07) is 4.00. The van der Waals surface area contributed by atoms with Crippen molar-refractivity contribution in [3.05, 3.63) is 53.7 Å². The third-order valence-corrected chi connectivity index (χ3v) is 4.58. The Bertz CT molecular complexity index is 892. The number of nitrogens with one attached hydrogen (secondary N) is 2.